The average molecular weight is 327 g/mol. The Hall–Kier alpha value is -2.41. The number of hydrogen-bond donors (Lipinski definition) is 0. The summed E-state index contributed by atoms with van der Waals surface area (Å²) in [5, 5.41) is 8.54. The highest BCUT2D eigenvalue weighted by Crippen LogP contribution is 2.15. The van der Waals surface area contributed by atoms with Crippen LogP contribution < -0.4 is 5.76 Å². The summed E-state index contributed by atoms with van der Waals surface area (Å²) in [5.74, 6) is 1.84. The molecule has 1 aliphatic rings. The van der Waals surface area contributed by atoms with Crippen LogP contribution in [0.5, 0.6) is 0 Å². The molecule has 0 amide bonds. The molecule has 0 fully saturated rings. The van der Waals surface area contributed by atoms with Crippen LogP contribution in [-0.2, 0) is 26.1 Å². The minimum absolute atomic E-state index is 0.276. The van der Waals surface area contributed by atoms with Crippen LogP contribution in [0.1, 0.15) is 25.0 Å². The molecule has 0 bridgehead atoms. The standard InChI is InChI=1S/C17H21N5O2/c1-2-15-18-19-16-12-20(10-11-22(15)16)8-5-9-21-13-6-3-4-7-14(13)24-17(21)23/h3-4,6-7H,2,5,8-12H2,1H3. The predicted octanol–water partition coefficient (Wildman–Crippen LogP) is 1.65. The molecule has 1 aromatic carbocycles. The lowest BCUT2D eigenvalue weighted by Crippen LogP contribution is -2.35. The first-order valence-corrected chi connectivity index (χ1v) is 8.48. The van der Waals surface area contributed by atoms with Crippen LogP contribution in [0.4, 0.5) is 0 Å². The van der Waals surface area contributed by atoms with Gasteiger partial charge in [-0.1, -0.05) is 19.1 Å². The number of rotatable bonds is 5. The van der Waals surface area contributed by atoms with E-state index in [4.69, 9.17) is 4.42 Å². The summed E-state index contributed by atoms with van der Waals surface area (Å²) in [5.41, 5.74) is 1.52. The van der Waals surface area contributed by atoms with Crippen molar-refractivity contribution in [3.8, 4) is 0 Å². The van der Waals surface area contributed by atoms with E-state index in [2.05, 4.69) is 26.6 Å². The van der Waals surface area contributed by atoms with Crippen molar-refractivity contribution in [1.29, 1.82) is 0 Å². The van der Waals surface area contributed by atoms with Crippen LogP contribution in [0.3, 0.4) is 0 Å². The molecule has 126 valence electrons. The van der Waals surface area contributed by atoms with Crippen molar-refractivity contribution in [2.24, 2.45) is 0 Å². The molecule has 4 rings (SSSR count). The molecule has 7 heteroatoms. The second kappa shape index (κ2) is 6.24. The Morgan fingerprint density at radius 1 is 1.17 bits per heavy atom. The summed E-state index contributed by atoms with van der Waals surface area (Å²) in [6, 6.07) is 7.56. The number of fused-ring (bicyclic) bond motifs is 2. The molecule has 0 radical (unpaired) electrons. The van der Waals surface area contributed by atoms with Gasteiger partial charge in [0.15, 0.2) is 5.58 Å². The van der Waals surface area contributed by atoms with Crippen molar-refractivity contribution in [2.75, 3.05) is 13.1 Å². The molecule has 0 N–H and O–H groups in total. The zero-order chi connectivity index (χ0) is 16.5. The SMILES string of the molecule is CCc1nnc2n1CCN(CCCn1c(=O)oc3ccccc31)C2. The minimum atomic E-state index is -0.276. The van der Waals surface area contributed by atoms with E-state index in [1.54, 1.807) is 4.57 Å². The molecule has 3 aromatic rings. The Balaban J connectivity index is 1.39. The third kappa shape index (κ3) is 2.65. The number of nitrogens with zero attached hydrogens (tertiary/aromatic N) is 5. The molecular formula is C17H21N5O2. The van der Waals surface area contributed by atoms with Gasteiger partial charge in [0, 0.05) is 32.6 Å². The van der Waals surface area contributed by atoms with Crippen LogP contribution >= 0.6 is 0 Å². The van der Waals surface area contributed by atoms with Crippen LogP contribution in [0.25, 0.3) is 11.1 Å². The second-order valence-electron chi connectivity index (χ2n) is 6.15. The molecule has 0 unspecified atom stereocenters. The Kier molecular flexibility index (Phi) is 3.93. The predicted molar refractivity (Wildman–Crippen MR) is 89.8 cm³/mol. The average Bonchev–Trinajstić information content (AvgIpc) is 3.15. The van der Waals surface area contributed by atoms with E-state index < -0.39 is 0 Å². The van der Waals surface area contributed by atoms with Gasteiger partial charge in [-0.05, 0) is 18.6 Å². The molecule has 0 saturated carbocycles. The number of oxazole rings is 1. The fourth-order valence-corrected chi connectivity index (χ4v) is 3.40. The highest BCUT2D eigenvalue weighted by molar-refractivity contribution is 5.72. The largest absolute Gasteiger partial charge is 0.419 e. The van der Waals surface area contributed by atoms with E-state index in [1.165, 1.54) is 0 Å². The Labute approximate surface area is 139 Å². The number of aromatic nitrogens is 4. The summed E-state index contributed by atoms with van der Waals surface area (Å²) >= 11 is 0. The van der Waals surface area contributed by atoms with Crippen LogP contribution in [0.15, 0.2) is 33.5 Å². The van der Waals surface area contributed by atoms with Crippen LogP contribution in [0.2, 0.25) is 0 Å². The fourth-order valence-electron chi connectivity index (χ4n) is 3.40. The van der Waals surface area contributed by atoms with Gasteiger partial charge in [0.2, 0.25) is 0 Å². The van der Waals surface area contributed by atoms with Crippen molar-refractivity contribution < 1.29 is 4.42 Å². The van der Waals surface area contributed by atoms with Crippen molar-refractivity contribution in [2.45, 2.75) is 39.4 Å². The highest BCUT2D eigenvalue weighted by Gasteiger charge is 2.20. The molecule has 0 spiro atoms. The van der Waals surface area contributed by atoms with Gasteiger partial charge in [0.1, 0.15) is 11.6 Å². The van der Waals surface area contributed by atoms with Gasteiger partial charge in [-0.2, -0.15) is 0 Å². The molecule has 0 aliphatic carbocycles. The minimum Gasteiger partial charge on any atom is -0.408 e. The monoisotopic (exact) mass is 327 g/mol. The zero-order valence-electron chi connectivity index (χ0n) is 13.8. The first-order valence-electron chi connectivity index (χ1n) is 8.48. The molecule has 3 heterocycles. The van der Waals surface area contributed by atoms with Crippen molar-refractivity contribution in [3.05, 3.63) is 46.5 Å². The molecule has 0 atom stereocenters. The maximum Gasteiger partial charge on any atom is 0.419 e. The summed E-state index contributed by atoms with van der Waals surface area (Å²) in [4.78, 5) is 14.4. The zero-order valence-corrected chi connectivity index (χ0v) is 13.8. The fraction of sp³-hybridized carbons (Fsp3) is 0.471. The maximum absolute atomic E-state index is 12.0. The molecule has 7 nitrogen and oxygen atoms in total. The summed E-state index contributed by atoms with van der Waals surface area (Å²) in [7, 11) is 0. The van der Waals surface area contributed by atoms with Gasteiger partial charge in [-0.25, -0.2) is 4.79 Å². The smallest absolute Gasteiger partial charge is 0.408 e. The topological polar surface area (TPSA) is 69.1 Å². The van der Waals surface area contributed by atoms with Crippen molar-refractivity contribution in [1.82, 2.24) is 24.2 Å². The lowest BCUT2D eigenvalue weighted by atomic mass is 10.3. The normalized spacial score (nSPS) is 15.0. The summed E-state index contributed by atoms with van der Waals surface area (Å²) < 4.78 is 9.22. The lowest BCUT2D eigenvalue weighted by Gasteiger charge is -2.27. The van der Waals surface area contributed by atoms with Gasteiger partial charge < -0.3 is 8.98 Å². The molecule has 0 saturated heterocycles. The number of hydrogen-bond acceptors (Lipinski definition) is 5. The van der Waals surface area contributed by atoms with Crippen LogP contribution in [-0.4, -0.2) is 37.3 Å². The van der Waals surface area contributed by atoms with Gasteiger partial charge in [0.25, 0.3) is 0 Å². The van der Waals surface area contributed by atoms with E-state index >= 15 is 0 Å². The quantitative estimate of drug-likeness (QED) is 0.713. The van der Waals surface area contributed by atoms with Crippen molar-refractivity contribution in [3.63, 3.8) is 0 Å². The molecule has 24 heavy (non-hydrogen) atoms. The van der Waals surface area contributed by atoms with E-state index in [9.17, 15) is 4.79 Å². The summed E-state index contributed by atoms with van der Waals surface area (Å²) in [6.07, 6.45) is 1.82. The first kappa shape index (κ1) is 15.1. The van der Waals surface area contributed by atoms with E-state index in [1.807, 2.05) is 24.3 Å². The van der Waals surface area contributed by atoms with Gasteiger partial charge >= 0.3 is 5.76 Å². The van der Waals surface area contributed by atoms with Crippen molar-refractivity contribution >= 4 is 11.1 Å². The van der Waals surface area contributed by atoms with E-state index in [-0.39, 0.29) is 5.76 Å². The molecule has 1 aliphatic heterocycles. The molecule has 2 aromatic heterocycles. The van der Waals surface area contributed by atoms with Gasteiger partial charge in [-0.3, -0.25) is 9.47 Å². The first-order chi connectivity index (χ1) is 11.8. The van der Waals surface area contributed by atoms with Crippen LogP contribution in [0, 0.1) is 0 Å². The Morgan fingerprint density at radius 2 is 2.04 bits per heavy atom. The second-order valence-corrected chi connectivity index (χ2v) is 6.15. The Morgan fingerprint density at radius 3 is 2.92 bits per heavy atom. The number of aryl methyl sites for hydroxylation is 2. The lowest BCUT2D eigenvalue weighted by molar-refractivity contribution is 0.209. The highest BCUT2D eigenvalue weighted by atomic mass is 16.4. The van der Waals surface area contributed by atoms with E-state index in [0.29, 0.717) is 12.1 Å². The number of para-hydroxylation sites is 2. The Bertz CT molecular complexity index is 907. The number of benzene rings is 1. The third-order valence-electron chi connectivity index (χ3n) is 4.65. The summed E-state index contributed by atoms with van der Waals surface area (Å²) in [6.45, 7) is 6.48. The third-order valence-corrected chi connectivity index (χ3v) is 4.65. The van der Waals surface area contributed by atoms with Gasteiger partial charge in [-0.15, -0.1) is 10.2 Å². The maximum atomic E-state index is 12.0. The van der Waals surface area contributed by atoms with Gasteiger partial charge in [0.05, 0.1) is 12.1 Å². The van der Waals surface area contributed by atoms with E-state index in [0.717, 1.165) is 56.2 Å². The molecular weight excluding hydrogens is 306 g/mol.